The van der Waals surface area contributed by atoms with Crippen LogP contribution in [0.3, 0.4) is 0 Å². The van der Waals surface area contributed by atoms with Crippen LogP contribution < -0.4 is 20.7 Å². The molecule has 6 heteroatoms. The summed E-state index contributed by atoms with van der Waals surface area (Å²) in [6.45, 7) is 3.73. The van der Waals surface area contributed by atoms with Gasteiger partial charge in [0, 0.05) is 5.70 Å². The summed E-state index contributed by atoms with van der Waals surface area (Å²) in [7, 11) is 1.57. The van der Waals surface area contributed by atoms with Gasteiger partial charge in [-0.1, -0.05) is 12.1 Å². The molecule has 0 fully saturated rings. The topological polar surface area (TPSA) is 62.4 Å². The summed E-state index contributed by atoms with van der Waals surface area (Å²) >= 11 is 5.06. The van der Waals surface area contributed by atoms with Crippen LogP contribution >= 0.6 is 12.2 Å². The highest BCUT2D eigenvalue weighted by atomic mass is 32.1. The first-order valence-electron chi connectivity index (χ1n) is 6.25. The smallest absolute Gasteiger partial charge is 0.255 e. The number of anilines is 1. The molecule has 0 aliphatic carbocycles. The predicted octanol–water partition coefficient (Wildman–Crippen LogP) is 1.77. The molecule has 1 amide bonds. The van der Waals surface area contributed by atoms with Gasteiger partial charge in [0.1, 0.15) is 5.75 Å². The first-order valence-corrected chi connectivity index (χ1v) is 6.66. The van der Waals surface area contributed by atoms with E-state index in [0.29, 0.717) is 22.1 Å². The summed E-state index contributed by atoms with van der Waals surface area (Å²) in [5.41, 5.74) is 2.03. The maximum Gasteiger partial charge on any atom is 0.255 e. The Kier molecular flexibility index (Phi) is 4.24. The fourth-order valence-corrected chi connectivity index (χ4v) is 2.50. The Morgan fingerprint density at radius 3 is 2.75 bits per heavy atom. The van der Waals surface area contributed by atoms with Crippen LogP contribution in [0.4, 0.5) is 5.69 Å². The van der Waals surface area contributed by atoms with E-state index in [2.05, 4.69) is 16.0 Å². The number of allylic oxidation sites excluding steroid dienone is 1. The van der Waals surface area contributed by atoms with Gasteiger partial charge in [0.25, 0.3) is 5.91 Å². The van der Waals surface area contributed by atoms with E-state index in [-0.39, 0.29) is 11.9 Å². The lowest BCUT2D eigenvalue weighted by atomic mass is 10.0. The van der Waals surface area contributed by atoms with Crippen molar-refractivity contribution in [3.63, 3.8) is 0 Å². The fraction of sp³-hybridized carbons (Fsp3) is 0.286. The number of hydrogen-bond donors (Lipinski definition) is 3. The van der Waals surface area contributed by atoms with E-state index in [0.717, 1.165) is 5.70 Å². The number of para-hydroxylation sites is 2. The van der Waals surface area contributed by atoms with Gasteiger partial charge in [-0.3, -0.25) is 4.79 Å². The number of hydrogen-bond acceptors (Lipinski definition) is 3. The molecule has 3 N–H and O–H groups in total. The molecule has 0 aromatic heterocycles. The van der Waals surface area contributed by atoms with Gasteiger partial charge in [-0.25, -0.2) is 0 Å². The standard InChI is InChI=1S/C14H17N3O2S/c1-8-12(9(2)16-14(20)15-8)13(18)17-10-6-4-5-7-11(10)19-3/h4-8H,1-3H3,(H,17,18)(H2,15,16,20)/t8-/m0/s1. The summed E-state index contributed by atoms with van der Waals surface area (Å²) in [6.07, 6.45) is 0. The van der Waals surface area contributed by atoms with Crippen molar-refractivity contribution in [1.82, 2.24) is 10.6 Å². The number of carbonyl (C=O) groups excluding carboxylic acids is 1. The molecule has 1 heterocycles. The first-order chi connectivity index (χ1) is 9.52. The normalized spacial score (nSPS) is 18.1. The largest absolute Gasteiger partial charge is 0.495 e. The van der Waals surface area contributed by atoms with Crippen LogP contribution in [-0.2, 0) is 4.79 Å². The summed E-state index contributed by atoms with van der Waals surface area (Å²) in [5, 5.41) is 9.38. The highest BCUT2D eigenvalue weighted by molar-refractivity contribution is 7.80. The van der Waals surface area contributed by atoms with Crippen molar-refractivity contribution in [2.45, 2.75) is 19.9 Å². The molecule has 2 rings (SSSR count). The Morgan fingerprint density at radius 2 is 2.10 bits per heavy atom. The molecule has 0 saturated heterocycles. The van der Waals surface area contributed by atoms with Crippen molar-refractivity contribution in [3.8, 4) is 5.75 Å². The van der Waals surface area contributed by atoms with Crippen LogP contribution in [0.2, 0.25) is 0 Å². The van der Waals surface area contributed by atoms with E-state index in [1.165, 1.54) is 0 Å². The maximum absolute atomic E-state index is 12.4. The zero-order valence-corrected chi connectivity index (χ0v) is 12.4. The molecule has 1 atom stereocenters. The van der Waals surface area contributed by atoms with E-state index in [9.17, 15) is 4.79 Å². The quantitative estimate of drug-likeness (QED) is 0.741. The fourth-order valence-electron chi connectivity index (χ4n) is 2.17. The molecule has 0 radical (unpaired) electrons. The summed E-state index contributed by atoms with van der Waals surface area (Å²) in [5.74, 6) is 0.445. The lowest BCUT2D eigenvalue weighted by molar-refractivity contribution is -0.113. The van der Waals surface area contributed by atoms with Crippen LogP contribution in [0, 0.1) is 0 Å². The van der Waals surface area contributed by atoms with Crippen LogP contribution in [0.15, 0.2) is 35.5 Å². The molecule has 1 aromatic carbocycles. The van der Waals surface area contributed by atoms with Crippen molar-refractivity contribution in [3.05, 3.63) is 35.5 Å². The van der Waals surface area contributed by atoms with Gasteiger partial charge in [-0.05, 0) is 38.2 Å². The molecule has 5 nitrogen and oxygen atoms in total. The summed E-state index contributed by atoms with van der Waals surface area (Å²) in [6, 6.07) is 7.15. The zero-order valence-electron chi connectivity index (χ0n) is 11.6. The van der Waals surface area contributed by atoms with Crippen molar-refractivity contribution >= 4 is 28.9 Å². The Labute approximate surface area is 123 Å². The number of benzene rings is 1. The van der Waals surface area contributed by atoms with Crippen LogP contribution in [0.5, 0.6) is 5.75 Å². The van der Waals surface area contributed by atoms with E-state index < -0.39 is 0 Å². The molecule has 20 heavy (non-hydrogen) atoms. The second-order valence-corrected chi connectivity index (χ2v) is 4.92. The molecule has 0 spiro atoms. The third kappa shape index (κ3) is 2.91. The van der Waals surface area contributed by atoms with E-state index in [1.54, 1.807) is 19.2 Å². The van der Waals surface area contributed by atoms with Crippen molar-refractivity contribution < 1.29 is 9.53 Å². The van der Waals surface area contributed by atoms with E-state index in [1.807, 2.05) is 26.0 Å². The molecule has 1 aliphatic heterocycles. The van der Waals surface area contributed by atoms with E-state index in [4.69, 9.17) is 17.0 Å². The molecule has 0 bridgehead atoms. The van der Waals surface area contributed by atoms with Crippen LogP contribution in [-0.4, -0.2) is 24.2 Å². The van der Waals surface area contributed by atoms with Crippen molar-refractivity contribution in [2.75, 3.05) is 12.4 Å². The molecule has 1 aromatic rings. The highest BCUT2D eigenvalue weighted by Crippen LogP contribution is 2.24. The molecule has 106 valence electrons. The van der Waals surface area contributed by atoms with E-state index >= 15 is 0 Å². The average molecular weight is 291 g/mol. The zero-order chi connectivity index (χ0) is 14.7. The molecule has 1 aliphatic rings. The molecular weight excluding hydrogens is 274 g/mol. The van der Waals surface area contributed by atoms with Gasteiger partial charge in [-0.2, -0.15) is 0 Å². The van der Waals surface area contributed by atoms with Gasteiger partial charge >= 0.3 is 0 Å². The lowest BCUT2D eigenvalue weighted by Crippen LogP contribution is -2.49. The van der Waals surface area contributed by atoms with Crippen molar-refractivity contribution in [2.24, 2.45) is 0 Å². The minimum atomic E-state index is -0.179. The monoisotopic (exact) mass is 291 g/mol. The summed E-state index contributed by atoms with van der Waals surface area (Å²) < 4.78 is 5.22. The number of rotatable bonds is 3. The number of amides is 1. The van der Waals surface area contributed by atoms with Gasteiger partial charge in [0.05, 0.1) is 24.4 Å². The molecular formula is C14H17N3O2S. The highest BCUT2D eigenvalue weighted by Gasteiger charge is 2.25. The minimum Gasteiger partial charge on any atom is -0.495 e. The Balaban J connectivity index is 2.24. The van der Waals surface area contributed by atoms with Crippen LogP contribution in [0.25, 0.3) is 0 Å². The number of methoxy groups -OCH3 is 1. The Bertz CT molecular complexity index is 584. The minimum absolute atomic E-state index is 0.140. The van der Waals surface area contributed by atoms with Gasteiger partial charge in [0.15, 0.2) is 5.11 Å². The van der Waals surface area contributed by atoms with Gasteiger partial charge < -0.3 is 20.7 Å². The number of carbonyl (C=O) groups is 1. The van der Waals surface area contributed by atoms with Crippen molar-refractivity contribution in [1.29, 1.82) is 0 Å². The third-order valence-corrected chi connectivity index (χ3v) is 3.31. The number of thiocarbonyl (C=S) groups is 1. The SMILES string of the molecule is COc1ccccc1NC(=O)C1=C(C)NC(=S)N[C@H]1C. The average Bonchev–Trinajstić information content (AvgIpc) is 2.38. The van der Waals surface area contributed by atoms with Gasteiger partial charge in [0.2, 0.25) is 0 Å². The number of nitrogens with one attached hydrogen (secondary N) is 3. The Morgan fingerprint density at radius 1 is 1.40 bits per heavy atom. The maximum atomic E-state index is 12.4. The second kappa shape index (κ2) is 5.92. The predicted molar refractivity (Wildman–Crippen MR) is 82.7 cm³/mol. The first kappa shape index (κ1) is 14.3. The molecule has 0 unspecified atom stereocenters. The number of ether oxygens (including phenoxy) is 1. The van der Waals surface area contributed by atoms with Gasteiger partial charge in [-0.15, -0.1) is 0 Å². The third-order valence-electron chi connectivity index (χ3n) is 3.09. The van der Waals surface area contributed by atoms with Crippen LogP contribution in [0.1, 0.15) is 13.8 Å². The second-order valence-electron chi connectivity index (χ2n) is 4.51. The molecule has 0 saturated carbocycles. The lowest BCUT2D eigenvalue weighted by Gasteiger charge is -2.27. The Hall–Kier alpha value is -2.08. The summed E-state index contributed by atoms with van der Waals surface area (Å²) in [4.78, 5) is 12.4.